The van der Waals surface area contributed by atoms with Crippen LogP contribution in [0.3, 0.4) is 0 Å². The molecule has 0 bridgehead atoms. The fourth-order valence-corrected chi connectivity index (χ4v) is 10.9. The lowest BCUT2D eigenvalue weighted by Gasteiger charge is -2.34. The Morgan fingerprint density at radius 1 is 0.395 bits per heavy atom. The first-order chi connectivity index (χ1) is 36.4. The first-order valence-corrected chi connectivity index (χ1v) is 25.1. The van der Waals surface area contributed by atoms with Crippen molar-refractivity contribution in [2.45, 2.75) is 65.2 Å². The maximum absolute atomic E-state index is 15.1. The van der Waals surface area contributed by atoms with E-state index in [2.05, 4.69) is 0 Å². The molecule has 76 heavy (non-hydrogen) atoms. The zero-order chi connectivity index (χ0) is 53.3. The molecule has 2 aliphatic carbocycles. The van der Waals surface area contributed by atoms with Gasteiger partial charge in [0.05, 0.1) is 22.5 Å². The molecule has 0 unspecified atom stereocenters. The number of nitrogens with zero attached hydrogens (tertiary/aromatic N) is 2. The lowest BCUT2D eigenvalue weighted by Crippen LogP contribution is -2.44. The Labute approximate surface area is 436 Å². The molecule has 8 aromatic rings. The number of ketones is 2. The predicted molar refractivity (Wildman–Crippen MR) is 286 cm³/mol. The van der Waals surface area contributed by atoms with Gasteiger partial charge in [0.25, 0.3) is 23.6 Å². The van der Waals surface area contributed by atoms with E-state index in [9.17, 15) is 19.2 Å². The molecule has 12 rings (SSSR count). The molecule has 0 saturated heterocycles. The Hall–Kier alpha value is -9.42. The van der Waals surface area contributed by atoms with Crippen molar-refractivity contribution in [1.29, 1.82) is 0 Å². The van der Waals surface area contributed by atoms with Crippen LogP contribution in [0.5, 0.6) is 11.5 Å². The van der Waals surface area contributed by atoms with Crippen molar-refractivity contribution in [3.05, 3.63) is 212 Å². The molecule has 0 spiro atoms. The minimum absolute atomic E-state index is 0.00275. The topological polar surface area (TPSA) is 161 Å². The highest BCUT2D eigenvalue weighted by atomic mass is 16.5. The molecule has 8 aromatic carbocycles. The third-order valence-electron chi connectivity index (χ3n) is 16.0. The SMILES string of the molecule is CCC(C)(C)c1ccc(OC(=O)c2cccc3c2-c2ccccc2C3=O)c(N2C(=O)c3ccc4c5c(ccc(c35)C2=O)C(=O)N(c2cc(C(C)(C)CC)ccc2OC(=O)c2cccc3c2-c2ccccc2C3=O)C4=O)c1. The molecule has 12 heteroatoms. The number of ether oxygens (including phenoxy) is 2. The van der Waals surface area contributed by atoms with Crippen LogP contribution in [-0.2, 0) is 10.8 Å². The number of rotatable bonds is 10. The van der Waals surface area contributed by atoms with E-state index in [-0.39, 0.29) is 78.6 Å². The molecule has 0 radical (unpaired) electrons. The average Bonchev–Trinajstić information content (AvgIpc) is 4.00. The lowest BCUT2D eigenvalue weighted by molar-refractivity contribution is 0.0725. The predicted octanol–water partition coefficient (Wildman–Crippen LogP) is 12.7. The molecule has 0 aromatic heterocycles. The van der Waals surface area contributed by atoms with E-state index >= 15 is 19.2 Å². The monoisotopic (exact) mass is 1000 g/mol. The third kappa shape index (κ3) is 6.90. The van der Waals surface area contributed by atoms with Gasteiger partial charge in [-0.2, -0.15) is 0 Å². The van der Waals surface area contributed by atoms with Crippen LogP contribution in [0.15, 0.2) is 146 Å². The van der Waals surface area contributed by atoms with E-state index < -0.39 is 46.4 Å². The summed E-state index contributed by atoms with van der Waals surface area (Å²) in [4.78, 5) is 118. The quantitative estimate of drug-likeness (QED) is 0.0732. The summed E-state index contributed by atoms with van der Waals surface area (Å²) in [5.41, 5.74) is 4.57. The summed E-state index contributed by atoms with van der Waals surface area (Å²) in [7, 11) is 0. The standard InChI is InChI=1S/C64H46N2O10/c1-7-63(3,4)33-23-29-49(75-61(73)45-21-13-19-39-51(45)35-15-9-11-17-37(35)55(39)67)47(31-33)65-57(69)41-25-27-43-54-44(28-26-42(53(41)54)58(65)70)60(72)66(59(43)71)48-32-34(64(5,6)8-2)24-30-50(48)76-62(74)46-22-14-20-40-52(46)36-16-10-12-18-38(36)56(40)68/h9-32H,7-8H2,1-6H3. The molecule has 2 heterocycles. The van der Waals surface area contributed by atoms with Gasteiger partial charge >= 0.3 is 11.9 Å². The number of benzene rings is 8. The van der Waals surface area contributed by atoms with Crippen molar-refractivity contribution in [1.82, 2.24) is 0 Å². The second-order valence-electron chi connectivity index (χ2n) is 20.8. The molecule has 12 nitrogen and oxygen atoms in total. The van der Waals surface area contributed by atoms with Gasteiger partial charge in [-0.3, -0.25) is 28.8 Å². The highest BCUT2D eigenvalue weighted by Gasteiger charge is 2.44. The third-order valence-corrected chi connectivity index (χ3v) is 16.0. The molecule has 0 N–H and O–H groups in total. The molecule has 0 fully saturated rings. The van der Waals surface area contributed by atoms with Gasteiger partial charge in [-0.25, -0.2) is 19.4 Å². The van der Waals surface area contributed by atoms with Gasteiger partial charge in [0.15, 0.2) is 23.1 Å². The van der Waals surface area contributed by atoms with Gasteiger partial charge in [-0.15, -0.1) is 0 Å². The molecule has 0 atom stereocenters. The fraction of sp³-hybridized carbons (Fsp3) is 0.156. The van der Waals surface area contributed by atoms with Crippen molar-refractivity contribution < 1.29 is 47.8 Å². The van der Waals surface area contributed by atoms with Crippen LogP contribution >= 0.6 is 0 Å². The maximum Gasteiger partial charge on any atom is 0.344 e. The Morgan fingerprint density at radius 3 is 1.07 bits per heavy atom. The Bertz CT molecular complexity index is 3720. The zero-order valence-electron chi connectivity index (χ0n) is 42.2. The smallest absolute Gasteiger partial charge is 0.344 e. The number of anilines is 2. The number of imide groups is 2. The van der Waals surface area contributed by atoms with Gasteiger partial charge in [0.1, 0.15) is 0 Å². The number of carbonyl (C=O) groups is 8. The molecule has 2 aliphatic heterocycles. The Kier molecular flexibility index (Phi) is 10.7. The van der Waals surface area contributed by atoms with E-state index in [0.717, 1.165) is 20.9 Å². The lowest BCUT2D eigenvalue weighted by atomic mass is 9.81. The normalized spacial score (nSPS) is 14.2. The minimum Gasteiger partial charge on any atom is -0.421 e. The number of carbonyl (C=O) groups excluding carboxylic acids is 8. The van der Waals surface area contributed by atoms with Crippen LogP contribution in [-0.4, -0.2) is 47.1 Å². The van der Waals surface area contributed by atoms with E-state index in [1.54, 1.807) is 121 Å². The summed E-state index contributed by atoms with van der Waals surface area (Å²) in [6, 6.07) is 39.4. The second-order valence-corrected chi connectivity index (χ2v) is 20.8. The van der Waals surface area contributed by atoms with Crippen molar-refractivity contribution in [3.8, 4) is 33.8 Å². The fourth-order valence-electron chi connectivity index (χ4n) is 10.9. The summed E-state index contributed by atoms with van der Waals surface area (Å²) in [5, 5.41) is 0.212. The summed E-state index contributed by atoms with van der Waals surface area (Å²) < 4.78 is 12.3. The van der Waals surface area contributed by atoms with Gasteiger partial charge in [0, 0.05) is 66.4 Å². The van der Waals surface area contributed by atoms with E-state index in [1.165, 1.54) is 24.3 Å². The van der Waals surface area contributed by atoms with Crippen molar-refractivity contribution >= 4 is 69.3 Å². The van der Waals surface area contributed by atoms with Crippen LogP contribution in [0.25, 0.3) is 33.0 Å². The zero-order valence-corrected chi connectivity index (χ0v) is 42.2. The minimum atomic E-state index is -0.810. The van der Waals surface area contributed by atoms with Crippen molar-refractivity contribution in [2.75, 3.05) is 9.80 Å². The van der Waals surface area contributed by atoms with Gasteiger partial charge in [-0.05, 0) is 107 Å². The van der Waals surface area contributed by atoms with Crippen LogP contribution in [0.1, 0.15) is 160 Å². The highest BCUT2D eigenvalue weighted by molar-refractivity contribution is 6.42. The average molecular weight is 1000 g/mol. The van der Waals surface area contributed by atoms with E-state index in [4.69, 9.17) is 9.47 Å². The summed E-state index contributed by atoms with van der Waals surface area (Å²) >= 11 is 0. The number of fused-ring (bicyclic) bond motifs is 6. The number of amides is 4. The van der Waals surface area contributed by atoms with Crippen LogP contribution in [0.4, 0.5) is 11.4 Å². The molecular weight excluding hydrogens is 957 g/mol. The Balaban J connectivity index is 0.931. The summed E-state index contributed by atoms with van der Waals surface area (Å²) in [6.07, 6.45) is 1.36. The Morgan fingerprint density at radius 2 is 0.724 bits per heavy atom. The molecule has 4 aliphatic rings. The van der Waals surface area contributed by atoms with E-state index in [0.29, 0.717) is 57.3 Å². The first-order valence-electron chi connectivity index (χ1n) is 25.1. The first kappa shape index (κ1) is 47.6. The van der Waals surface area contributed by atoms with Crippen molar-refractivity contribution in [3.63, 3.8) is 0 Å². The van der Waals surface area contributed by atoms with Gasteiger partial charge in [0.2, 0.25) is 0 Å². The van der Waals surface area contributed by atoms with Crippen LogP contribution in [0, 0.1) is 0 Å². The van der Waals surface area contributed by atoms with Gasteiger partial charge in [-0.1, -0.05) is 126 Å². The summed E-state index contributed by atoms with van der Waals surface area (Å²) in [6.45, 7) is 12.1. The molecule has 372 valence electrons. The van der Waals surface area contributed by atoms with Crippen molar-refractivity contribution in [2.24, 2.45) is 0 Å². The number of esters is 2. The summed E-state index contributed by atoms with van der Waals surface area (Å²) in [5.74, 6) is -5.38. The molecular formula is C64H46N2O10. The number of hydrogen-bond donors (Lipinski definition) is 0. The van der Waals surface area contributed by atoms with E-state index in [1.807, 2.05) is 41.5 Å². The second kappa shape index (κ2) is 17.1. The van der Waals surface area contributed by atoms with Crippen LogP contribution < -0.4 is 19.3 Å². The highest BCUT2D eigenvalue weighted by Crippen LogP contribution is 2.47. The van der Waals surface area contributed by atoms with Crippen LogP contribution in [0.2, 0.25) is 0 Å². The van der Waals surface area contributed by atoms with Gasteiger partial charge < -0.3 is 9.47 Å². The molecule has 4 amide bonds. The maximum atomic E-state index is 15.1. The largest absolute Gasteiger partial charge is 0.421 e. The molecule has 0 saturated carbocycles. The number of hydrogen-bond acceptors (Lipinski definition) is 10.